The number of phenols is 1. The zero-order valence-corrected chi connectivity index (χ0v) is 12.8. The minimum Gasteiger partial charge on any atom is -0.508 e. The molecule has 1 unspecified atom stereocenters. The zero-order chi connectivity index (χ0) is 15.7. The molecule has 1 aliphatic heterocycles. The number of likely N-dealkylation sites (tertiary alicyclic amines) is 1. The molecule has 1 amide bonds. The van der Waals surface area contributed by atoms with E-state index < -0.39 is 17.3 Å². The maximum Gasteiger partial charge on any atom is 0.410 e. The van der Waals surface area contributed by atoms with Crippen LogP contribution in [0.4, 0.5) is 4.79 Å². The number of benzene rings is 1. The van der Waals surface area contributed by atoms with Gasteiger partial charge < -0.3 is 19.8 Å². The number of hydrogen-bond acceptors (Lipinski definition) is 4. The van der Waals surface area contributed by atoms with Crippen LogP contribution in [0.25, 0.3) is 0 Å². The van der Waals surface area contributed by atoms with Gasteiger partial charge in [-0.1, -0.05) is 12.1 Å². The molecule has 1 aromatic carbocycles. The van der Waals surface area contributed by atoms with Crippen LogP contribution in [0.15, 0.2) is 24.3 Å². The van der Waals surface area contributed by atoms with Crippen LogP contribution >= 0.6 is 0 Å². The zero-order valence-electron chi connectivity index (χ0n) is 12.8. The summed E-state index contributed by atoms with van der Waals surface area (Å²) in [4.78, 5) is 13.5. The molecule has 21 heavy (non-hydrogen) atoms. The van der Waals surface area contributed by atoms with Crippen molar-refractivity contribution in [3.8, 4) is 5.75 Å². The third-order valence-electron chi connectivity index (χ3n) is 3.43. The van der Waals surface area contributed by atoms with Gasteiger partial charge in [0.15, 0.2) is 0 Å². The molecule has 5 heteroatoms. The van der Waals surface area contributed by atoms with Crippen molar-refractivity contribution in [2.75, 3.05) is 13.1 Å². The Labute approximate surface area is 125 Å². The average molecular weight is 293 g/mol. The first-order chi connectivity index (χ1) is 9.67. The number of hydrogen-bond donors (Lipinski definition) is 2. The number of carbonyl (C=O) groups is 1. The molecule has 0 radical (unpaired) electrons. The lowest BCUT2D eigenvalue weighted by atomic mass is 9.94. The van der Waals surface area contributed by atoms with E-state index in [0.29, 0.717) is 19.4 Å². The second-order valence-electron chi connectivity index (χ2n) is 6.72. The summed E-state index contributed by atoms with van der Waals surface area (Å²) in [6.45, 7) is 6.18. The summed E-state index contributed by atoms with van der Waals surface area (Å²) < 4.78 is 5.32. The third-order valence-corrected chi connectivity index (χ3v) is 3.43. The molecular weight excluding hydrogens is 270 g/mol. The number of β-amino-alcohol motifs (C(OH)–C–C–N with tert-alkyl or cyclic N) is 1. The van der Waals surface area contributed by atoms with Crippen LogP contribution in [0.2, 0.25) is 0 Å². The van der Waals surface area contributed by atoms with E-state index in [4.69, 9.17) is 4.74 Å². The van der Waals surface area contributed by atoms with E-state index in [1.54, 1.807) is 18.2 Å². The van der Waals surface area contributed by atoms with Crippen molar-refractivity contribution >= 4 is 6.09 Å². The summed E-state index contributed by atoms with van der Waals surface area (Å²) in [5.41, 5.74) is -0.656. The maximum absolute atomic E-state index is 12.0. The van der Waals surface area contributed by atoms with E-state index in [1.807, 2.05) is 26.8 Å². The molecule has 0 bridgehead atoms. The summed E-state index contributed by atoms with van der Waals surface area (Å²) in [5, 5.41) is 20.1. The molecule has 0 saturated carbocycles. The molecule has 0 spiro atoms. The topological polar surface area (TPSA) is 70.0 Å². The molecule has 116 valence electrons. The Hall–Kier alpha value is -1.75. The first-order valence-corrected chi connectivity index (χ1v) is 7.15. The molecule has 1 heterocycles. The monoisotopic (exact) mass is 293 g/mol. The predicted molar refractivity (Wildman–Crippen MR) is 79.2 cm³/mol. The number of amides is 1. The Kier molecular flexibility index (Phi) is 4.14. The van der Waals surface area contributed by atoms with Crippen LogP contribution < -0.4 is 0 Å². The number of rotatable bonds is 2. The van der Waals surface area contributed by atoms with Crippen molar-refractivity contribution < 1.29 is 19.7 Å². The normalized spacial score (nSPS) is 22.4. The summed E-state index contributed by atoms with van der Waals surface area (Å²) in [6, 6.07) is 6.83. The van der Waals surface area contributed by atoms with Gasteiger partial charge in [-0.3, -0.25) is 0 Å². The Morgan fingerprint density at radius 3 is 2.76 bits per heavy atom. The lowest BCUT2D eigenvalue weighted by molar-refractivity contribution is 0.0153. The predicted octanol–water partition coefficient (Wildman–Crippen LogP) is 2.31. The fraction of sp³-hybridized carbons (Fsp3) is 0.562. The summed E-state index contributed by atoms with van der Waals surface area (Å²) >= 11 is 0. The Balaban J connectivity index is 1.98. The number of aromatic hydroxyl groups is 1. The van der Waals surface area contributed by atoms with Crippen LogP contribution in [0, 0.1) is 0 Å². The molecule has 5 nitrogen and oxygen atoms in total. The van der Waals surface area contributed by atoms with Gasteiger partial charge in [-0.05, 0) is 44.9 Å². The van der Waals surface area contributed by atoms with Crippen LogP contribution in [-0.2, 0) is 11.2 Å². The van der Waals surface area contributed by atoms with Crippen LogP contribution in [-0.4, -0.2) is 45.5 Å². The van der Waals surface area contributed by atoms with Gasteiger partial charge in [-0.25, -0.2) is 4.79 Å². The number of nitrogens with zero attached hydrogens (tertiary/aromatic N) is 1. The second-order valence-corrected chi connectivity index (χ2v) is 6.72. The second kappa shape index (κ2) is 5.56. The summed E-state index contributed by atoms with van der Waals surface area (Å²) in [6.07, 6.45) is 0.511. The fourth-order valence-electron chi connectivity index (χ4n) is 2.53. The maximum atomic E-state index is 12.0. The van der Waals surface area contributed by atoms with Crippen molar-refractivity contribution in [1.29, 1.82) is 0 Å². The largest absolute Gasteiger partial charge is 0.508 e. The Morgan fingerprint density at radius 2 is 2.14 bits per heavy atom. The van der Waals surface area contributed by atoms with E-state index >= 15 is 0 Å². The quantitative estimate of drug-likeness (QED) is 0.878. The minimum atomic E-state index is -0.968. The highest BCUT2D eigenvalue weighted by atomic mass is 16.6. The third kappa shape index (κ3) is 4.36. The number of ether oxygens (including phenoxy) is 1. The van der Waals surface area contributed by atoms with Crippen molar-refractivity contribution in [3.63, 3.8) is 0 Å². The molecule has 1 atom stereocenters. The average Bonchev–Trinajstić information content (AvgIpc) is 2.69. The molecule has 1 fully saturated rings. The summed E-state index contributed by atoms with van der Waals surface area (Å²) in [7, 11) is 0. The molecule has 1 saturated heterocycles. The van der Waals surface area contributed by atoms with Gasteiger partial charge >= 0.3 is 6.09 Å². The smallest absolute Gasteiger partial charge is 0.410 e. The highest BCUT2D eigenvalue weighted by Crippen LogP contribution is 2.27. The molecule has 1 aromatic rings. The van der Waals surface area contributed by atoms with Crippen molar-refractivity contribution in [2.24, 2.45) is 0 Å². The lowest BCUT2D eigenvalue weighted by Crippen LogP contribution is -2.40. The molecule has 0 aromatic heterocycles. The van der Waals surface area contributed by atoms with Crippen LogP contribution in [0.1, 0.15) is 32.8 Å². The van der Waals surface area contributed by atoms with Gasteiger partial charge in [0.25, 0.3) is 0 Å². The molecule has 1 aliphatic rings. The highest BCUT2D eigenvalue weighted by molar-refractivity contribution is 5.68. The lowest BCUT2D eigenvalue weighted by Gasteiger charge is -2.26. The number of carbonyl (C=O) groups excluding carboxylic acids is 1. The minimum absolute atomic E-state index is 0.179. The Bertz CT molecular complexity index is 523. The van der Waals surface area contributed by atoms with Crippen LogP contribution in [0.5, 0.6) is 5.75 Å². The van der Waals surface area contributed by atoms with E-state index in [9.17, 15) is 15.0 Å². The molecular formula is C16H23NO4. The van der Waals surface area contributed by atoms with Crippen molar-refractivity contribution in [3.05, 3.63) is 29.8 Å². The van der Waals surface area contributed by atoms with Gasteiger partial charge in [-0.2, -0.15) is 0 Å². The number of aliphatic hydroxyl groups is 1. The van der Waals surface area contributed by atoms with E-state index in [0.717, 1.165) is 5.56 Å². The number of phenolic OH excluding ortho intramolecular Hbond substituents is 1. The fourth-order valence-corrected chi connectivity index (χ4v) is 2.53. The van der Waals surface area contributed by atoms with Gasteiger partial charge in [-0.15, -0.1) is 0 Å². The van der Waals surface area contributed by atoms with Crippen molar-refractivity contribution in [1.82, 2.24) is 4.90 Å². The first-order valence-electron chi connectivity index (χ1n) is 7.15. The van der Waals surface area contributed by atoms with Crippen LogP contribution in [0.3, 0.4) is 0 Å². The van der Waals surface area contributed by atoms with Crippen molar-refractivity contribution in [2.45, 2.75) is 44.8 Å². The standard InChI is InChI=1S/C16H23NO4/c1-15(2,3)21-14(19)17-8-7-16(20,11-17)10-12-5-4-6-13(18)9-12/h4-6,9,18,20H,7-8,10-11H2,1-3H3. The van der Waals surface area contributed by atoms with E-state index in [-0.39, 0.29) is 12.3 Å². The molecule has 2 N–H and O–H groups in total. The SMILES string of the molecule is CC(C)(C)OC(=O)N1CCC(O)(Cc2cccc(O)c2)C1. The first kappa shape index (κ1) is 15.6. The van der Waals surface area contributed by atoms with E-state index in [1.165, 1.54) is 4.90 Å². The summed E-state index contributed by atoms with van der Waals surface area (Å²) in [5.74, 6) is 0.179. The van der Waals surface area contributed by atoms with Gasteiger partial charge in [0, 0.05) is 13.0 Å². The van der Waals surface area contributed by atoms with E-state index in [2.05, 4.69) is 0 Å². The van der Waals surface area contributed by atoms with Gasteiger partial charge in [0.2, 0.25) is 0 Å². The molecule has 2 rings (SSSR count). The molecule has 0 aliphatic carbocycles. The van der Waals surface area contributed by atoms with Gasteiger partial charge in [0.1, 0.15) is 11.4 Å². The highest BCUT2D eigenvalue weighted by Gasteiger charge is 2.39. The Morgan fingerprint density at radius 1 is 1.43 bits per heavy atom. The van der Waals surface area contributed by atoms with Gasteiger partial charge in [0.05, 0.1) is 12.1 Å².